The lowest BCUT2D eigenvalue weighted by Gasteiger charge is -2.27. The Balaban J connectivity index is 1.99. The van der Waals surface area contributed by atoms with Gasteiger partial charge in [-0.05, 0) is 56.2 Å². The zero-order chi connectivity index (χ0) is 13.8. The maximum Gasteiger partial charge on any atom is 0.0369 e. The van der Waals surface area contributed by atoms with Crippen molar-refractivity contribution >= 4 is 17.4 Å². The van der Waals surface area contributed by atoms with Crippen LogP contribution in [0.25, 0.3) is 0 Å². The standard InChI is InChI=1S/C16H26N2S/c1-12-9-16(18(3)13(2)11-19-4)8-5-14(12)10-17-15-6-7-15/h5,8-9,13,15,17H,6-7,10-11H2,1-4H3. The highest BCUT2D eigenvalue weighted by Crippen LogP contribution is 2.23. The molecule has 0 saturated heterocycles. The smallest absolute Gasteiger partial charge is 0.0369 e. The van der Waals surface area contributed by atoms with Crippen molar-refractivity contribution in [3.05, 3.63) is 29.3 Å². The molecule has 0 aromatic heterocycles. The van der Waals surface area contributed by atoms with Crippen LogP contribution in [-0.4, -0.2) is 31.1 Å². The van der Waals surface area contributed by atoms with Gasteiger partial charge in [0, 0.05) is 37.1 Å². The Kier molecular flexibility index (Phi) is 5.17. The number of nitrogens with one attached hydrogen (secondary N) is 1. The first kappa shape index (κ1) is 14.7. The van der Waals surface area contributed by atoms with Gasteiger partial charge in [-0.2, -0.15) is 11.8 Å². The van der Waals surface area contributed by atoms with Crippen LogP contribution in [0.2, 0.25) is 0 Å². The van der Waals surface area contributed by atoms with E-state index in [0.717, 1.165) is 12.6 Å². The summed E-state index contributed by atoms with van der Waals surface area (Å²) in [4.78, 5) is 2.38. The molecule has 19 heavy (non-hydrogen) atoms. The summed E-state index contributed by atoms with van der Waals surface area (Å²) in [7, 11) is 2.19. The quantitative estimate of drug-likeness (QED) is 0.822. The first-order valence-electron chi connectivity index (χ1n) is 7.16. The second kappa shape index (κ2) is 6.67. The van der Waals surface area contributed by atoms with E-state index in [2.05, 4.69) is 55.6 Å². The Morgan fingerprint density at radius 2 is 2.16 bits per heavy atom. The van der Waals surface area contributed by atoms with E-state index in [1.165, 1.54) is 35.4 Å². The van der Waals surface area contributed by atoms with Crippen LogP contribution in [0.15, 0.2) is 18.2 Å². The molecule has 1 aromatic carbocycles. The molecular formula is C16H26N2S. The van der Waals surface area contributed by atoms with E-state index in [9.17, 15) is 0 Å². The lowest BCUT2D eigenvalue weighted by Crippen LogP contribution is -2.30. The molecule has 3 heteroatoms. The summed E-state index contributed by atoms with van der Waals surface area (Å²) in [5.41, 5.74) is 4.16. The van der Waals surface area contributed by atoms with Gasteiger partial charge in [0.1, 0.15) is 0 Å². The van der Waals surface area contributed by atoms with Crippen molar-refractivity contribution in [1.29, 1.82) is 0 Å². The van der Waals surface area contributed by atoms with Crippen molar-refractivity contribution in [1.82, 2.24) is 5.32 Å². The van der Waals surface area contributed by atoms with Gasteiger partial charge in [-0.3, -0.25) is 0 Å². The first-order chi connectivity index (χ1) is 9.11. The molecule has 1 aliphatic rings. The van der Waals surface area contributed by atoms with E-state index in [1.807, 2.05) is 11.8 Å². The Morgan fingerprint density at radius 3 is 2.74 bits per heavy atom. The van der Waals surface area contributed by atoms with Crippen LogP contribution < -0.4 is 10.2 Å². The summed E-state index contributed by atoms with van der Waals surface area (Å²) < 4.78 is 0. The van der Waals surface area contributed by atoms with E-state index in [-0.39, 0.29) is 0 Å². The monoisotopic (exact) mass is 278 g/mol. The molecule has 0 bridgehead atoms. The minimum Gasteiger partial charge on any atom is -0.371 e. The van der Waals surface area contributed by atoms with E-state index < -0.39 is 0 Å². The number of anilines is 1. The number of nitrogens with zero attached hydrogens (tertiary/aromatic N) is 1. The summed E-state index contributed by atoms with van der Waals surface area (Å²) >= 11 is 1.91. The molecule has 1 aromatic rings. The lowest BCUT2D eigenvalue weighted by molar-refractivity contribution is 0.684. The second-order valence-corrected chi connectivity index (χ2v) is 6.59. The summed E-state index contributed by atoms with van der Waals surface area (Å²) in [5.74, 6) is 1.17. The van der Waals surface area contributed by atoms with Crippen molar-refractivity contribution in [2.24, 2.45) is 0 Å². The largest absolute Gasteiger partial charge is 0.371 e. The molecule has 1 atom stereocenters. The molecule has 0 spiro atoms. The van der Waals surface area contributed by atoms with Gasteiger partial charge in [0.2, 0.25) is 0 Å². The number of hydrogen-bond acceptors (Lipinski definition) is 3. The number of aryl methyl sites for hydroxylation is 1. The molecule has 0 heterocycles. The van der Waals surface area contributed by atoms with Crippen molar-refractivity contribution < 1.29 is 0 Å². The fourth-order valence-corrected chi connectivity index (χ4v) is 2.95. The SMILES string of the molecule is CSCC(C)N(C)c1ccc(CNC2CC2)c(C)c1. The third-order valence-corrected chi connectivity index (χ3v) is 4.78. The average molecular weight is 278 g/mol. The fraction of sp³-hybridized carbons (Fsp3) is 0.625. The number of thioether (sulfide) groups is 1. The molecule has 1 N–H and O–H groups in total. The summed E-state index contributed by atoms with van der Waals surface area (Å²) in [6.45, 7) is 5.52. The van der Waals surface area contributed by atoms with E-state index >= 15 is 0 Å². The van der Waals surface area contributed by atoms with Gasteiger partial charge in [-0.15, -0.1) is 0 Å². The van der Waals surface area contributed by atoms with E-state index in [4.69, 9.17) is 0 Å². The predicted octanol–water partition coefficient (Wildman–Crippen LogP) is 3.43. The minimum absolute atomic E-state index is 0.574. The summed E-state index contributed by atoms with van der Waals surface area (Å²) in [5, 5.41) is 3.59. The molecule has 1 saturated carbocycles. The molecule has 1 fully saturated rings. The third-order valence-electron chi connectivity index (χ3n) is 3.96. The van der Waals surface area contributed by atoms with Gasteiger partial charge < -0.3 is 10.2 Å². The van der Waals surface area contributed by atoms with Crippen molar-refractivity contribution in [2.75, 3.05) is 24.0 Å². The normalized spacial score (nSPS) is 16.4. The predicted molar refractivity (Wildman–Crippen MR) is 87.3 cm³/mol. The van der Waals surface area contributed by atoms with Gasteiger partial charge in [0.05, 0.1) is 0 Å². The van der Waals surface area contributed by atoms with Crippen LogP contribution in [0.3, 0.4) is 0 Å². The van der Waals surface area contributed by atoms with Gasteiger partial charge in [0.25, 0.3) is 0 Å². The summed E-state index contributed by atoms with van der Waals surface area (Å²) in [6.07, 6.45) is 4.88. The van der Waals surface area contributed by atoms with Crippen LogP contribution in [0.5, 0.6) is 0 Å². The van der Waals surface area contributed by atoms with Gasteiger partial charge in [-0.25, -0.2) is 0 Å². The fourth-order valence-electron chi connectivity index (χ4n) is 2.25. The molecule has 1 aliphatic carbocycles. The van der Waals surface area contributed by atoms with Crippen LogP contribution in [0.1, 0.15) is 30.9 Å². The van der Waals surface area contributed by atoms with Crippen molar-refractivity contribution in [2.45, 2.75) is 45.3 Å². The van der Waals surface area contributed by atoms with Crippen LogP contribution in [-0.2, 0) is 6.54 Å². The van der Waals surface area contributed by atoms with Gasteiger partial charge in [-0.1, -0.05) is 6.07 Å². The Bertz CT molecular complexity index is 415. The van der Waals surface area contributed by atoms with E-state index in [1.54, 1.807) is 0 Å². The highest BCUT2D eigenvalue weighted by atomic mass is 32.2. The zero-order valence-corrected chi connectivity index (χ0v) is 13.4. The van der Waals surface area contributed by atoms with Gasteiger partial charge in [0.15, 0.2) is 0 Å². The molecule has 2 nitrogen and oxygen atoms in total. The molecule has 0 aliphatic heterocycles. The minimum atomic E-state index is 0.574. The van der Waals surface area contributed by atoms with Gasteiger partial charge >= 0.3 is 0 Å². The zero-order valence-electron chi connectivity index (χ0n) is 12.6. The third kappa shape index (κ3) is 4.15. The van der Waals surface area contributed by atoms with Crippen molar-refractivity contribution in [3.63, 3.8) is 0 Å². The number of rotatable bonds is 7. The topological polar surface area (TPSA) is 15.3 Å². The Hall–Kier alpha value is -0.670. The molecule has 0 amide bonds. The molecule has 106 valence electrons. The first-order valence-corrected chi connectivity index (χ1v) is 8.56. The number of hydrogen-bond donors (Lipinski definition) is 1. The maximum absolute atomic E-state index is 3.59. The maximum atomic E-state index is 3.59. The molecule has 0 radical (unpaired) electrons. The van der Waals surface area contributed by atoms with Crippen molar-refractivity contribution in [3.8, 4) is 0 Å². The summed E-state index contributed by atoms with van der Waals surface area (Å²) in [6, 6.07) is 8.21. The lowest BCUT2D eigenvalue weighted by atomic mass is 10.1. The highest BCUT2D eigenvalue weighted by Gasteiger charge is 2.20. The van der Waals surface area contributed by atoms with Crippen LogP contribution >= 0.6 is 11.8 Å². The highest BCUT2D eigenvalue weighted by molar-refractivity contribution is 7.98. The van der Waals surface area contributed by atoms with Crippen LogP contribution in [0.4, 0.5) is 5.69 Å². The molecular weight excluding hydrogens is 252 g/mol. The Labute approximate surface area is 122 Å². The number of benzene rings is 1. The molecule has 2 rings (SSSR count). The van der Waals surface area contributed by atoms with Crippen LogP contribution in [0, 0.1) is 6.92 Å². The molecule has 1 unspecified atom stereocenters. The van der Waals surface area contributed by atoms with E-state index in [0.29, 0.717) is 6.04 Å². The second-order valence-electron chi connectivity index (χ2n) is 5.68. The average Bonchev–Trinajstić information content (AvgIpc) is 3.20. The Morgan fingerprint density at radius 1 is 1.42 bits per heavy atom.